The number of benzene rings is 2. The maximum absolute atomic E-state index is 13.6. The van der Waals surface area contributed by atoms with Crippen molar-refractivity contribution < 1.29 is 13.9 Å². The largest absolute Gasteiger partial charge is 0.505 e. The van der Waals surface area contributed by atoms with Crippen molar-refractivity contribution in [1.82, 2.24) is 5.32 Å². The van der Waals surface area contributed by atoms with Crippen molar-refractivity contribution in [2.75, 3.05) is 6.54 Å². The zero-order valence-electron chi connectivity index (χ0n) is 11.7. The van der Waals surface area contributed by atoms with Crippen LogP contribution in [0.3, 0.4) is 0 Å². The maximum Gasteiger partial charge on any atom is 0.172 e. The van der Waals surface area contributed by atoms with Gasteiger partial charge in [0.15, 0.2) is 11.6 Å². The third kappa shape index (κ3) is 4.09. The summed E-state index contributed by atoms with van der Waals surface area (Å²) >= 11 is 12.1. The lowest BCUT2D eigenvalue weighted by atomic mass is 10.1. The van der Waals surface area contributed by atoms with Crippen LogP contribution in [-0.2, 0) is 13.0 Å². The zero-order valence-corrected chi connectivity index (χ0v) is 13.2. The summed E-state index contributed by atoms with van der Waals surface area (Å²) in [6.07, 6.45) is 1.38. The summed E-state index contributed by atoms with van der Waals surface area (Å²) < 4.78 is 27.1. The van der Waals surface area contributed by atoms with E-state index in [0.717, 1.165) is 17.7 Å². The molecule has 118 valence electrons. The molecule has 0 saturated carbocycles. The van der Waals surface area contributed by atoms with E-state index in [2.05, 4.69) is 5.32 Å². The monoisotopic (exact) mass is 345 g/mol. The van der Waals surface area contributed by atoms with Gasteiger partial charge in [-0.3, -0.25) is 0 Å². The highest BCUT2D eigenvalue weighted by Gasteiger charge is 2.12. The van der Waals surface area contributed by atoms with Gasteiger partial charge in [-0.1, -0.05) is 29.3 Å². The van der Waals surface area contributed by atoms with Crippen LogP contribution in [0.5, 0.6) is 5.75 Å². The van der Waals surface area contributed by atoms with Gasteiger partial charge in [0.05, 0.1) is 0 Å². The Balaban J connectivity index is 1.85. The van der Waals surface area contributed by atoms with Gasteiger partial charge in [0, 0.05) is 22.2 Å². The number of halogens is 4. The van der Waals surface area contributed by atoms with Crippen LogP contribution in [0.15, 0.2) is 30.3 Å². The van der Waals surface area contributed by atoms with Crippen LogP contribution >= 0.6 is 23.2 Å². The Morgan fingerprint density at radius 3 is 2.36 bits per heavy atom. The number of phenols is 1. The molecule has 22 heavy (non-hydrogen) atoms. The lowest BCUT2D eigenvalue weighted by molar-refractivity contribution is 0.419. The number of rotatable bonds is 6. The quantitative estimate of drug-likeness (QED) is 0.743. The van der Waals surface area contributed by atoms with Gasteiger partial charge >= 0.3 is 0 Å². The zero-order chi connectivity index (χ0) is 16.1. The molecule has 0 aliphatic carbocycles. The summed E-state index contributed by atoms with van der Waals surface area (Å²) in [5.74, 6) is -2.17. The van der Waals surface area contributed by atoms with Crippen LogP contribution < -0.4 is 5.32 Å². The normalized spacial score (nSPS) is 10.9. The fraction of sp³-hybridized carbons (Fsp3) is 0.250. The van der Waals surface area contributed by atoms with Gasteiger partial charge in [-0.25, -0.2) is 8.78 Å². The molecule has 6 heteroatoms. The fourth-order valence-electron chi connectivity index (χ4n) is 2.12. The van der Waals surface area contributed by atoms with Gasteiger partial charge in [0.2, 0.25) is 0 Å². The molecule has 0 saturated heterocycles. The van der Waals surface area contributed by atoms with Gasteiger partial charge < -0.3 is 10.4 Å². The van der Waals surface area contributed by atoms with E-state index in [9.17, 15) is 13.9 Å². The Morgan fingerprint density at radius 1 is 1.00 bits per heavy atom. The minimum absolute atomic E-state index is 0.00230. The van der Waals surface area contributed by atoms with E-state index in [0.29, 0.717) is 29.4 Å². The summed E-state index contributed by atoms with van der Waals surface area (Å²) in [7, 11) is 0. The summed E-state index contributed by atoms with van der Waals surface area (Å²) in [6.45, 7) is 0.540. The highest BCUT2D eigenvalue weighted by Crippen LogP contribution is 2.25. The van der Waals surface area contributed by atoms with E-state index in [4.69, 9.17) is 23.2 Å². The van der Waals surface area contributed by atoms with Crippen molar-refractivity contribution in [3.05, 3.63) is 63.1 Å². The Bertz CT molecular complexity index is 645. The second-order valence-electron chi connectivity index (χ2n) is 4.84. The first-order valence-electron chi connectivity index (χ1n) is 6.80. The predicted octanol–water partition coefficient (Wildman–Crippen LogP) is 4.70. The van der Waals surface area contributed by atoms with Crippen LogP contribution in [0.2, 0.25) is 10.0 Å². The van der Waals surface area contributed by atoms with E-state index in [1.165, 1.54) is 0 Å². The van der Waals surface area contributed by atoms with Gasteiger partial charge in [-0.05, 0) is 49.2 Å². The second-order valence-corrected chi connectivity index (χ2v) is 5.65. The van der Waals surface area contributed by atoms with Crippen molar-refractivity contribution in [3.63, 3.8) is 0 Å². The highest BCUT2D eigenvalue weighted by atomic mass is 35.5. The molecule has 0 bridgehead atoms. The molecule has 0 aliphatic rings. The SMILES string of the molecule is Oc1ccc(F)c(CNCCCc2c(Cl)cccc2Cl)c1F. The molecule has 0 atom stereocenters. The Kier molecular flexibility index (Phi) is 6.00. The summed E-state index contributed by atoms with van der Waals surface area (Å²) in [5.41, 5.74) is 0.693. The van der Waals surface area contributed by atoms with Crippen LogP contribution in [0.4, 0.5) is 8.78 Å². The Morgan fingerprint density at radius 2 is 1.68 bits per heavy atom. The molecule has 0 amide bonds. The van der Waals surface area contributed by atoms with E-state index in [-0.39, 0.29) is 12.1 Å². The van der Waals surface area contributed by atoms with E-state index in [1.807, 2.05) is 0 Å². The molecule has 0 heterocycles. The molecule has 0 spiro atoms. The molecular weight excluding hydrogens is 331 g/mol. The van der Waals surface area contributed by atoms with Crippen molar-refractivity contribution in [2.45, 2.75) is 19.4 Å². The first kappa shape index (κ1) is 17.0. The van der Waals surface area contributed by atoms with E-state index >= 15 is 0 Å². The molecule has 0 fully saturated rings. The van der Waals surface area contributed by atoms with E-state index in [1.54, 1.807) is 18.2 Å². The summed E-state index contributed by atoms with van der Waals surface area (Å²) in [5, 5.41) is 13.4. The van der Waals surface area contributed by atoms with Crippen molar-refractivity contribution in [3.8, 4) is 5.75 Å². The number of hydrogen-bond donors (Lipinski definition) is 2. The van der Waals surface area contributed by atoms with Crippen LogP contribution in [0.1, 0.15) is 17.5 Å². The van der Waals surface area contributed by atoms with Gasteiger partial charge in [-0.15, -0.1) is 0 Å². The Labute approximate surface area is 137 Å². The molecule has 0 radical (unpaired) electrons. The Hall–Kier alpha value is -1.36. The molecule has 2 N–H and O–H groups in total. The summed E-state index contributed by atoms with van der Waals surface area (Å²) in [6, 6.07) is 7.35. The number of nitrogens with one attached hydrogen (secondary N) is 1. The van der Waals surface area contributed by atoms with Gasteiger partial charge in [-0.2, -0.15) is 0 Å². The minimum Gasteiger partial charge on any atom is -0.505 e. The lowest BCUT2D eigenvalue weighted by Crippen LogP contribution is -2.17. The van der Waals surface area contributed by atoms with Crippen LogP contribution in [0.25, 0.3) is 0 Å². The first-order valence-corrected chi connectivity index (χ1v) is 7.55. The van der Waals surface area contributed by atoms with Gasteiger partial charge in [0.1, 0.15) is 5.82 Å². The second kappa shape index (κ2) is 7.77. The van der Waals surface area contributed by atoms with Crippen molar-refractivity contribution in [2.24, 2.45) is 0 Å². The molecule has 2 rings (SSSR count). The van der Waals surface area contributed by atoms with Crippen molar-refractivity contribution in [1.29, 1.82) is 0 Å². The molecule has 0 aliphatic heterocycles. The molecule has 2 aromatic carbocycles. The average Bonchev–Trinajstić information content (AvgIpc) is 2.48. The maximum atomic E-state index is 13.6. The smallest absolute Gasteiger partial charge is 0.172 e. The molecular formula is C16H15Cl2F2NO. The van der Waals surface area contributed by atoms with Crippen LogP contribution in [-0.4, -0.2) is 11.7 Å². The molecule has 2 aromatic rings. The molecule has 2 nitrogen and oxygen atoms in total. The summed E-state index contributed by atoms with van der Waals surface area (Å²) in [4.78, 5) is 0. The standard InChI is InChI=1S/C16H15Cl2F2NO/c17-12-4-1-5-13(18)10(12)3-2-8-21-9-11-14(19)6-7-15(22)16(11)20/h1,4-7,21-22H,2-3,8-9H2. The van der Waals surface area contributed by atoms with Gasteiger partial charge in [0.25, 0.3) is 0 Å². The fourth-order valence-corrected chi connectivity index (χ4v) is 2.71. The molecule has 0 aromatic heterocycles. The average molecular weight is 346 g/mol. The molecule has 0 unspecified atom stereocenters. The number of aromatic hydroxyl groups is 1. The minimum atomic E-state index is -0.929. The van der Waals surface area contributed by atoms with Crippen LogP contribution in [0, 0.1) is 11.6 Å². The van der Waals surface area contributed by atoms with E-state index < -0.39 is 17.4 Å². The first-order chi connectivity index (χ1) is 10.5. The number of hydrogen-bond acceptors (Lipinski definition) is 2. The topological polar surface area (TPSA) is 32.3 Å². The lowest BCUT2D eigenvalue weighted by Gasteiger charge is -2.09. The third-order valence-corrected chi connectivity index (χ3v) is 4.02. The highest BCUT2D eigenvalue weighted by molar-refractivity contribution is 6.35. The third-order valence-electron chi connectivity index (χ3n) is 3.31. The number of phenolic OH excluding ortho intramolecular Hbond substituents is 1. The van der Waals surface area contributed by atoms with Crippen molar-refractivity contribution >= 4 is 23.2 Å². The predicted molar refractivity (Wildman–Crippen MR) is 84.5 cm³/mol.